The summed E-state index contributed by atoms with van der Waals surface area (Å²) in [5.41, 5.74) is 18.9. The molecule has 0 radical (unpaired) electrons. The van der Waals surface area contributed by atoms with Crippen LogP contribution in [0.4, 0.5) is 34.1 Å². The van der Waals surface area contributed by atoms with Gasteiger partial charge in [-0.05, 0) is 122 Å². The summed E-state index contributed by atoms with van der Waals surface area (Å²) in [6.07, 6.45) is 0. The highest BCUT2D eigenvalue weighted by Crippen LogP contribution is 2.66. The molecule has 2 aliphatic rings. The minimum atomic E-state index is -0.578. The fourth-order valence-electron chi connectivity index (χ4n) is 10.3. The molecule has 61 heavy (non-hydrogen) atoms. The molecule has 1 atom stereocenters. The van der Waals surface area contributed by atoms with Gasteiger partial charge in [-0.25, -0.2) is 0 Å². The number of rotatable bonds is 7. The highest BCUT2D eigenvalue weighted by Gasteiger charge is 2.53. The normalized spacial score (nSPS) is 14.3. The number of nitrogens with zero attached hydrogens (tertiary/aromatic N) is 2. The molecule has 2 aliphatic carbocycles. The lowest BCUT2D eigenvalue weighted by Crippen LogP contribution is -2.26. The lowest BCUT2D eigenvalue weighted by Gasteiger charge is -2.33. The van der Waals surface area contributed by atoms with Crippen LogP contribution in [0.25, 0.3) is 44.2 Å². The highest BCUT2D eigenvalue weighted by molar-refractivity contribution is 6.12. The third-order valence-electron chi connectivity index (χ3n) is 12.8. The van der Waals surface area contributed by atoms with Gasteiger partial charge in [0.2, 0.25) is 0 Å². The minimum Gasteiger partial charge on any atom is -0.310 e. The van der Waals surface area contributed by atoms with E-state index in [9.17, 15) is 0 Å². The zero-order valence-corrected chi connectivity index (χ0v) is 33.5. The third-order valence-corrected chi connectivity index (χ3v) is 12.8. The summed E-state index contributed by atoms with van der Waals surface area (Å²) in [7, 11) is 0. The van der Waals surface area contributed by atoms with Crippen LogP contribution in [-0.4, -0.2) is 0 Å². The fraction of sp³-hybridized carbons (Fsp3) is 0.0169. The first-order valence-corrected chi connectivity index (χ1v) is 21.1. The first kappa shape index (κ1) is 35.0. The van der Waals surface area contributed by atoms with Crippen molar-refractivity contribution in [1.29, 1.82) is 0 Å². The topological polar surface area (TPSA) is 6.48 Å². The van der Waals surface area contributed by atoms with E-state index in [-0.39, 0.29) is 0 Å². The van der Waals surface area contributed by atoms with Gasteiger partial charge in [-0.1, -0.05) is 176 Å². The third kappa shape index (κ3) is 5.36. The Kier molecular flexibility index (Phi) is 8.11. The van der Waals surface area contributed by atoms with Crippen molar-refractivity contribution < 1.29 is 0 Å². The maximum absolute atomic E-state index is 2.50. The van der Waals surface area contributed by atoms with E-state index in [0.29, 0.717) is 0 Å². The van der Waals surface area contributed by atoms with Gasteiger partial charge in [-0.3, -0.25) is 0 Å². The predicted octanol–water partition coefficient (Wildman–Crippen LogP) is 15.8. The Labute approximate surface area is 356 Å². The monoisotopic (exact) mass is 776 g/mol. The molecule has 0 heterocycles. The van der Waals surface area contributed by atoms with Crippen LogP contribution in [0.5, 0.6) is 0 Å². The van der Waals surface area contributed by atoms with E-state index in [2.05, 4.69) is 252 Å². The quantitative estimate of drug-likeness (QED) is 0.159. The molecule has 0 amide bonds. The van der Waals surface area contributed by atoms with Crippen molar-refractivity contribution in [3.63, 3.8) is 0 Å². The van der Waals surface area contributed by atoms with Crippen molar-refractivity contribution >= 4 is 44.9 Å². The van der Waals surface area contributed by atoms with Gasteiger partial charge in [-0.2, -0.15) is 0 Å². The van der Waals surface area contributed by atoms with Gasteiger partial charge in [0.1, 0.15) is 0 Å². The van der Waals surface area contributed by atoms with Gasteiger partial charge in [0.05, 0.1) is 11.1 Å². The van der Waals surface area contributed by atoms with Crippen LogP contribution < -0.4 is 9.80 Å². The average molecular weight is 777 g/mol. The molecular weight excluding hydrogens is 737 g/mol. The van der Waals surface area contributed by atoms with Crippen LogP contribution in [0, 0.1) is 0 Å². The molecule has 2 nitrogen and oxygen atoms in total. The SMILES string of the molecule is c1ccc(-c2ccc(N(c3ccccc3)c3c4c(cc5ccccc35)C3(c5ccccc5-c5ccc(N(c6ccccc6)c6ccccc6)cc53)c3ccccc3-4)cc2)cc1. The second-order valence-electron chi connectivity index (χ2n) is 16.0. The van der Waals surface area contributed by atoms with E-state index in [1.54, 1.807) is 0 Å². The van der Waals surface area contributed by atoms with Gasteiger partial charge in [0.15, 0.2) is 0 Å². The van der Waals surface area contributed by atoms with Gasteiger partial charge in [0.25, 0.3) is 0 Å². The number of benzene rings is 10. The fourth-order valence-corrected chi connectivity index (χ4v) is 10.3. The van der Waals surface area contributed by atoms with Crippen LogP contribution in [0.15, 0.2) is 243 Å². The molecule has 0 saturated carbocycles. The number of anilines is 6. The molecule has 12 rings (SSSR count). The van der Waals surface area contributed by atoms with Gasteiger partial charge in [0, 0.05) is 39.4 Å². The second kappa shape index (κ2) is 14.1. The van der Waals surface area contributed by atoms with E-state index in [0.717, 1.165) is 28.4 Å². The summed E-state index contributed by atoms with van der Waals surface area (Å²) < 4.78 is 0. The Bertz CT molecular complexity index is 3190. The molecule has 2 heteroatoms. The summed E-state index contributed by atoms with van der Waals surface area (Å²) in [4.78, 5) is 4.89. The predicted molar refractivity (Wildman–Crippen MR) is 255 cm³/mol. The summed E-state index contributed by atoms with van der Waals surface area (Å²) in [5, 5.41) is 2.42. The van der Waals surface area contributed by atoms with Crippen LogP contribution in [0.3, 0.4) is 0 Å². The van der Waals surface area contributed by atoms with Crippen LogP contribution in [0.1, 0.15) is 22.3 Å². The summed E-state index contributed by atoms with van der Waals surface area (Å²) in [6.45, 7) is 0. The van der Waals surface area contributed by atoms with E-state index in [1.165, 1.54) is 72.1 Å². The van der Waals surface area contributed by atoms with Crippen molar-refractivity contribution in [2.45, 2.75) is 5.41 Å². The Hall–Kier alpha value is -7.94. The Morgan fingerprint density at radius 1 is 0.279 bits per heavy atom. The number of hydrogen-bond donors (Lipinski definition) is 0. The van der Waals surface area contributed by atoms with Gasteiger partial charge >= 0.3 is 0 Å². The number of para-hydroxylation sites is 3. The second-order valence-corrected chi connectivity index (χ2v) is 16.0. The first-order valence-electron chi connectivity index (χ1n) is 21.1. The number of fused-ring (bicyclic) bond motifs is 11. The largest absolute Gasteiger partial charge is 0.310 e. The van der Waals surface area contributed by atoms with Crippen LogP contribution in [0.2, 0.25) is 0 Å². The summed E-state index contributed by atoms with van der Waals surface area (Å²) >= 11 is 0. The summed E-state index contributed by atoms with van der Waals surface area (Å²) in [5.74, 6) is 0. The Morgan fingerprint density at radius 3 is 1.39 bits per heavy atom. The lowest BCUT2D eigenvalue weighted by molar-refractivity contribution is 0.795. The standard InChI is InChI=1S/C59H40N2/c1-5-19-41(20-6-1)42-33-35-47(36-34-42)61(46-26-11-4-12-27-46)58-49-28-14-13-21-43(49)39-56-57(58)52-30-16-18-32-54(52)59(56)53-31-17-15-29-50(53)51-38-37-48(40-55(51)59)60(44-22-7-2-8-23-44)45-24-9-3-10-25-45/h1-40H. The van der Waals surface area contributed by atoms with E-state index < -0.39 is 5.41 Å². The molecule has 286 valence electrons. The van der Waals surface area contributed by atoms with E-state index in [4.69, 9.17) is 0 Å². The molecule has 10 aromatic rings. The molecule has 10 aromatic carbocycles. The molecule has 1 unspecified atom stereocenters. The lowest BCUT2D eigenvalue weighted by atomic mass is 9.70. The van der Waals surface area contributed by atoms with E-state index in [1.807, 2.05) is 0 Å². The van der Waals surface area contributed by atoms with Crippen molar-refractivity contribution in [1.82, 2.24) is 0 Å². The maximum atomic E-state index is 2.50. The zero-order valence-electron chi connectivity index (χ0n) is 33.5. The van der Waals surface area contributed by atoms with Crippen LogP contribution in [-0.2, 0) is 5.41 Å². The summed E-state index contributed by atoms with van der Waals surface area (Å²) in [6, 6.07) is 89.0. The zero-order chi connectivity index (χ0) is 40.3. The molecule has 0 saturated heterocycles. The Balaban J connectivity index is 1.17. The molecule has 0 aromatic heterocycles. The minimum absolute atomic E-state index is 0.578. The maximum Gasteiger partial charge on any atom is 0.0727 e. The molecule has 0 N–H and O–H groups in total. The first-order chi connectivity index (χ1) is 30.3. The van der Waals surface area contributed by atoms with Crippen molar-refractivity contribution in [2.75, 3.05) is 9.80 Å². The smallest absolute Gasteiger partial charge is 0.0727 e. The molecule has 0 fully saturated rings. The average Bonchev–Trinajstić information content (AvgIpc) is 3.80. The van der Waals surface area contributed by atoms with Gasteiger partial charge < -0.3 is 9.80 Å². The number of hydrogen-bond acceptors (Lipinski definition) is 2. The molecule has 1 spiro atoms. The van der Waals surface area contributed by atoms with E-state index >= 15 is 0 Å². The van der Waals surface area contributed by atoms with Crippen molar-refractivity contribution in [3.05, 3.63) is 265 Å². The van der Waals surface area contributed by atoms with Crippen molar-refractivity contribution in [2.24, 2.45) is 0 Å². The Morgan fingerprint density at radius 2 is 0.738 bits per heavy atom. The van der Waals surface area contributed by atoms with Crippen LogP contribution >= 0.6 is 0 Å². The van der Waals surface area contributed by atoms with Crippen molar-refractivity contribution in [3.8, 4) is 33.4 Å². The molecule has 0 aliphatic heterocycles. The van der Waals surface area contributed by atoms with Gasteiger partial charge in [-0.15, -0.1) is 0 Å². The molecule has 0 bridgehead atoms. The molecular formula is C59H40N2. The highest BCUT2D eigenvalue weighted by atomic mass is 15.2.